The summed E-state index contributed by atoms with van der Waals surface area (Å²) in [5, 5.41) is 9.93. The van der Waals surface area contributed by atoms with Gasteiger partial charge in [-0.05, 0) is 24.0 Å². The van der Waals surface area contributed by atoms with Gasteiger partial charge in [0.15, 0.2) is 11.1 Å². The summed E-state index contributed by atoms with van der Waals surface area (Å²) in [6.07, 6.45) is 3.45. The predicted molar refractivity (Wildman–Crippen MR) is 98.7 cm³/mol. The summed E-state index contributed by atoms with van der Waals surface area (Å²) < 4.78 is 12.6. The Morgan fingerprint density at radius 1 is 0.731 bits per heavy atom. The van der Waals surface area contributed by atoms with E-state index in [0.717, 1.165) is 24.0 Å². The number of hydrogen-bond donors (Lipinski definition) is 0. The van der Waals surface area contributed by atoms with Crippen molar-refractivity contribution in [2.45, 2.75) is 36.1 Å². The van der Waals surface area contributed by atoms with Crippen molar-refractivity contribution >= 4 is 0 Å². The van der Waals surface area contributed by atoms with Gasteiger partial charge in [0.25, 0.3) is 0 Å². The summed E-state index contributed by atoms with van der Waals surface area (Å²) in [6.45, 7) is 0. The molecular formula is C22H24N2O2. The van der Waals surface area contributed by atoms with Crippen LogP contribution in [0.15, 0.2) is 70.9 Å². The molecule has 4 heteroatoms. The average Bonchev–Trinajstić information content (AvgIpc) is 3.36. The van der Waals surface area contributed by atoms with Gasteiger partial charge in [0.2, 0.25) is 5.79 Å². The van der Waals surface area contributed by atoms with E-state index in [4.69, 9.17) is 19.7 Å². The highest BCUT2D eigenvalue weighted by Gasteiger charge is 2.84. The molecular weight excluding hydrogens is 324 g/mol. The largest absolute Gasteiger partial charge is 0.348 e. The highest BCUT2D eigenvalue weighted by Crippen LogP contribution is 2.74. The lowest BCUT2D eigenvalue weighted by Crippen LogP contribution is -2.58. The van der Waals surface area contributed by atoms with Crippen molar-refractivity contribution in [3.05, 3.63) is 71.8 Å². The second-order valence-electron chi connectivity index (χ2n) is 7.63. The molecule has 0 saturated heterocycles. The number of ether oxygens (including phenoxy) is 2. The Hall–Kier alpha value is -2.04. The maximum atomic E-state index is 6.28. The number of nitrogens with zero attached hydrogens (tertiary/aromatic N) is 2. The Balaban J connectivity index is 1.84. The first-order chi connectivity index (χ1) is 12.8. The lowest BCUT2D eigenvalue weighted by molar-refractivity contribution is -0.263. The Morgan fingerprint density at radius 3 is 1.54 bits per heavy atom. The number of fused-ring (bicyclic) bond motifs is 5. The Bertz CT molecular complexity index is 768. The fraction of sp³-hybridized carbons (Fsp3) is 0.455. The van der Waals surface area contributed by atoms with E-state index in [2.05, 4.69) is 48.5 Å². The van der Waals surface area contributed by atoms with E-state index in [0.29, 0.717) is 11.8 Å². The lowest BCUT2D eigenvalue weighted by Gasteiger charge is -2.44. The monoisotopic (exact) mass is 348 g/mol. The van der Waals surface area contributed by atoms with Crippen LogP contribution in [0.2, 0.25) is 0 Å². The second kappa shape index (κ2) is 5.48. The maximum absolute atomic E-state index is 6.28. The van der Waals surface area contributed by atoms with Gasteiger partial charge in [0.05, 0.1) is 0 Å². The number of benzene rings is 2. The molecule has 4 nitrogen and oxygen atoms in total. The van der Waals surface area contributed by atoms with Crippen LogP contribution in [0.25, 0.3) is 0 Å². The minimum atomic E-state index is -0.932. The third kappa shape index (κ3) is 1.55. The molecule has 2 aromatic rings. The van der Waals surface area contributed by atoms with Crippen molar-refractivity contribution in [3.8, 4) is 0 Å². The van der Waals surface area contributed by atoms with Crippen LogP contribution in [0.3, 0.4) is 0 Å². The van der Waals surface area contributed by atoms with Crippen molar-refractivity contribution in [3.63, 3.8) is 0 Å². The molecule has 5 rings (SSSR count). The topological polar surface area (TPSA) is 43.2 Å². The first-order valence-electron chi connectivity index (χ1n) is 9.42. The molecule has 26 heavy (non-hydrogen) atoms. The van der Waals surface area contributed by atoms with Gasteiger partial charge in [-0.25, -0.2) is 0 Å². The summed E-state index contributed by atoms with van der Waals surface area (Å²) >= 11 is 0. The zero-order valence-electron chi connectivity index (χ0n) is 15.3. The van der Waals surface area contributed by atoms with Crippen molar-refractivity contribution in [2.75, 3.05) is 14.2 Å². The molecule has 3 aliphatic rings. The number of hydrogen-bond acceptors (Lipinski definition) is 4. The number of methoxy groups -OCH3 is 2. The van der Waals surface area contributed by atoms with Crippen molar-refractivity contribution in [1.29, 1.82) is 0 Å². The highest BCUT2D eigenvalue weighted by atomic mass is 16.7. The molecule has 2 aliphatic carbocycles. The van der Waals surface area contributed by atoms with Gasteiger partial charge >= 0.3 is 0 Å². The van der Waals surface area contributed by atoms with E-state index in [9.17, 15) is 0 Å². The summed E-state index contributed by atoms with van der Waals surface area (Å²) in [6, 6.07) is 20.9. The molecule has 0 unspecified atom stereocenters. The average molecular weight is 348 g/mol. The summed E-state index contributed by atoms with van der Waals surface area (Å²) in [7, 11) is 3.49. The van der Waals surface area contributed by atoms with E-state index >= 15 is 0 Å². The van der Waals surface area contributed by atoms with Crippen LogP contribution in [-0.2, 0) is 20.6 Å². The third-order valence-corrected chi connectivity index (χ3v) is 6.96. The van der Waals surface area contributed by atoms with Crippen molar-refractivity contribution in [1.82, 2.24) is 0 Å². The molecule has 0 N–H and O–H groups in total. The lowest BCUT2D eigenvalue weighted by atomic mass is 9.74. The Labute approximate surface area is 154 Å². The fourth-order valence-electron chi connectivity index (χ4n) is 6.19. The van der Waals surface area contributed by atoms with Gasteiger partial charge < -0.3 is 9.47 Å². The van der Waals surface area contributed by atoms with Gasteiger partial charge in [-0.15, -0.1) is 0 Å². The van der Waals surface area contributed by atoms with Crippen molar-refractivity contribution < 1.29 is 9.47 Å². The van der Waals surface area contributed by atoms with Gasteiger partial charge in [-0.1, -0.05) is 67.1 Å². The van der Waals surface area contributed by atoms with Crippen LogP contribution in [0.1, 0.15) is 30.4 Å². The molecule has 0 spiro atoms. The quantitative estimate of drug-likeness (QED) is 0.754. The molecule has 2 saturated carbocycles. The minimum absolute atomic E-state index is 0.363. The van der Waals surface area contributed by atoms with E-state index < -0.39 is 16.9 Å². The summed E-state index contributed by atoms with van der Waals surface area (Å²) in [4.78, 5) is 0. The van der Waals surface area contributed by atoms with E-state index in [1.165, 1.54) is 6.42 Å². The SMILES string of the molecule is COC1(OC)[C@]2(c3ccccc3)N=N[C@@]1(c1ccccc1)[C@@H]1CCC[C@@H]12. The van der Waals surface area contributed by atoms with E-state index in [-0.39, 0.29) is 0 Å². The molecule has 134 valence electrons. The zero-order chi connectivity index (χ0) is 17.8. The number of azo groups is 1. The smallest absolute Gasteiger partial charge is 0.232 e. The second-order valence-corrected chi connectivity index (χ2v) is 7.63. The molecule has 0 amide bonds. The van der Waals surface area contributed by atoms with Gasteiger partial charge in [0, 0.05) is 26.1 Å². The molecule has 0 radical (unpaired) electrons. The van der Waals surface area contributed by atoms with Gasteiger partial charge in [0.1, 0.15) is 0 Å². The fourth-order valence-corrected chi connectivity index (χ4v) is 6.19. The standard InChI is InChI=1S/C22H24N2O2/c1-25-22(26-2)20(16-10-5-3-6-11-16)18-14-9-15-19(18)21(22,24-23-20)17-12-7-4-8-13-17/h3-8,10-13,18-19H,9,14-15H2,1-2H3/t18-,19+,20+,21-. The highest BCUT2D eigenvalue weighted by molar-refractivity contribution is 5.46. The van der Waals surface area contributed by atoms with E-state index in [1.54, 1.807) is 14.2 Å². The van der Waals surface area contributed by atoms with Gasteiger partial charge in [-0.2, -0.15) is 10.2 Å². The number of rotatable bonds is 4. The van der Waals surface area contributed by atoms with Crippen LogP contribution < -0.4 is 0 Å². The molecule has 1 aliphatic heterocycles. The first kappa shape index (κ1) is 16.2. The summed E-state index contributed by atoms with van der Waals surface area (Å²) in [5.41, 5.74) is 1.07. The van der Waals surface area contributed by atoms with E-state index in [1.807, 2.05) is 12.1 Å². The van der Waals surface area contributed by atoms with Gasteiger partial charge in [-0.3, -0.25) is 0 Å². The van der Waals surface area contributed by atoms with Crippen LogP contribution in [0.5, 0.6) is 0 Å². The van der Waals surface area contributed by atoms with Crippen LogP contribution in [0.4, 0.5) is 0 Å². The Kier molecular flexibility index (Phi) is 3.40. The summed E-state index contributed by atoms with van der Waals surface area (Å²) in [5.74, 6) is -0.205. The van der Waals surface area contributed by atoms with Crippen molar-refractivity contribution in [2.24, 2.45) is 22.1 Å². The van der Waals surface area contributed by atoms with Crippen LogP contribution in [-0.4, -0.2) is 20.0 Å². The van der Waals surface area contributed by atoms with Crippen LogP contribution in [0, 0.1) is 11.8 Å². The minimum Gasteiger partial charge on any atom is -0.348 e. The Morgan fingerprint density at radius 2 is 1.15 bits per heavy atom. The molecule has 2 aromatic carbocycles. The maximum Gasteiger partial charge on any atom is 0.232 e. The molecule has 1 heterocycles. The third-order valence-electron chi connectivity index (χ3n) is 6.96. The molecule has 4 atom stereocenters. The molecule has 0 aromatic heterocycles. The van der Waals surface area contributed by atoms with Crippen LogP contribution >= 0.6 is 0 Å². The zero-order valence-corrected chi connectivity index (χ0v) is 15.3. The predicted octanol–water partition coefficient (Wildman–Crippen LogP) is 4.66. The molecule has 2 fully saturated rings. The first-order valence-corrected chi connectivity index (χ1v) is 9.42. The normalized spacial score (nSPS) is 36.4. The molecule has 2 bridgehead atoms.